The first-order valence-electron chi connectivity index (χ1n) is 7.34. The molecular weight excluding hydrogens is 285 g/mol. The van der Waals surface area contributed by atoms with Crippen LogP contribution in [0.2, 0.25) is 0 Å². The Morgan fingerprint density at radius 2 is 1.83 bits per heavy atom. The van der Waals surface area contributed by atoms with Crippen LogP contribution in [0.15, 0.2) is 96.7 Å². The fourth-order valence-corrected chi connectivity index (χ4v) is 1.54. The summed E-state index contributed by atoms with van der Waals surface area (Å²) in [6.07, 6.45) is 18.8. The molecule has 0 bridgehead atoms. The Hall–Kier alpha value is -2.74. The SMILES string of the molecule is C=C.C\C=C/C(/C=C/c1cccc(F)c1)=C\N=C/C=C\C=C\C. The molecule has 1 nitrogen and oxygen atoms in total. The number of halogens is 1. The first kappa shape index (κ1) is 20.3. The minimum absolute atomic E-state index is 0.235. The van der Waals surface area contributed by atoms with E-state index in [2.05, 4.69) is 18.2 Å². The Bertz CT molecular complexity index is 616. The lowest BCUT2D eigenvalue weighted by Gasteiger charge is -1.94. The molecule has 1 aromatic carbocycles. The third kappa shape index (κ3) is 10.6. The Labute approximate surface area is 139 Å². The van der Waals surface area contributed by atoms with Gasteiger partial charge in [-0.15, -0.1) is 13.2 Å². The van der Waals surface area contributed by atoms with E-state index in [-0.39, 0.29) is 5.82 Å². The Morgan fingerprint density at radius 1 is 1.04 bits per heavy atom. The van der Waals surface area contributed by atoms with Crippen LogP contribution >= 0.6 is 0 Å². The second-order valence-corrected chi connectivity index (χ2v) is 4.23. The van der Waals surface area contributed by atoms with Crippen molar-refractivity contribution >= 4 is 12.3 Å². The lowest BCUT2D eigenvalue weighted by Crippen LogP contribution is -1.76. The number of aliphatic imine (C=N–C) groups is 1. The first-order valence-corrected chi connectivity index (χ1v) is 7.34. The van der Waals surface area contributed by atoms with Crippen LogP contribution in [0, 0.1) is 5.82 Å². The largest absolute Gasteiger partial charge is 0.264 e. The number of hydrogen-bond acceptors (Lipinski definition) is 1. The van der Waals surface area contributed by atoms with Crippen molar-refractivity contribution in [2.24, 2.45) is 4.99 Å². The van der Waals surface area contributed by atoms with E-state index < -0.39 is 0 Å². The molecule has 0 aliphatic rings. The zero-order valence-corrected chi connectivity index (χ0v) is 13.8. The summed E-state index contributed by atoms with van der Waals surface area (Å²) in [4.78, 5) is 4.21. The van der Waals surface area contributed by atoms with Crippen LogP contribution in [0.4, 0.5) is 4.39 Å². The number of nitrogens with zero attached hydrogens (tertiary/aromatic N) is 1. The van der Waals surface area contributed by atoms with Crippen molar-refractivity contribution in [3.8, 4) is 0 Å². The molecule has 2 heteroatoms. The molecule has 0 heterocycles. The van der Waals surface area contributed by atoms with Crippen LogP contribution in [0.25, 0.3) is 6.08 Å². The molecule has 0 atom stereocenters. The maximum atomic E-state index is 13.1. The number of allylic oxidation sites excluding steroid dienone is 8. The molecule has 0 aliphatic carbocycles. The molecule has 0 unspecified atom stereocenters. The normalized spacial score (nSPS) is 12.7. The average molecular weight is 309 g/mol. The van der Waals surface area contributed by atoms with Crippen LogP contribution in [0.3, 0.4) is 0 Å². The fourth-order valence-electron chi connectivity index (χ4n) is 1.54. The summed E-state index contributed by atoms with van der Waals surface area (Å²) in [7, 11) is 0. The predicted octanol–water partition coefficient (Wildman–Crippen LogP) is 6.30. The number of hydrogen-bond donors (Lipinski definition) is 0. The molecule has 0 saturated heterocycles. The first-order chi connectivity index (χ1) is 11.3. The molecule has 0 radical (unpaired) electrons. The molecular formula is C21H24FN. The van der Waals surface area contributed by atoms with Crippen molar-refractivity contribution in [3.63, 3.8) is 0 Å². The summed E-state index contributed by atoms with van der Waals surface area (Å²) in [6.45, 7) is 9.91. The van der Waals surface area contributed by atoms with Gasteiger partial charge in [-0.2, -0.15) is 0 Å². The van der Waals surface area contributed by atoms with E-state index in [1.54, 1.807) is 18.5 Å². The van der Waals surface area contributed by atoms with Gasteiger partial charge in [0.05, 0.1) is 0 Å². The van der Waals surface area contributed by atoms with Gasteiger partial charge in [-0.3, -0.25) is 4.99 Å². The summed E-state index contributed by atoms with van der Waals surface area (Å²) < 4.78 is 13.1. The molecule has 0 amide bonds. The number of benzene rings is 1. The van der Waals surface area contributed by atoms with Gasteiger partial charge in [0.25, 0.3) is 0 Å². The maximum Gasteiger partial charge on any atom is 0.123 e. The van der Waals surface area contributed by atoms with Gasteiger partial charge in [-0.25, -0.2) is 4.39 Å². The van der Waals surface area contributed by atoms with Gasteiger partial charge in [0.15, 0.2) is 0 Å². The van der Waals surface area contributed by atoms with Crippen LogP contribution in [0.1, 0.15) is 19.4 Å². The molecule has 0 saturated carbocycles. The third-order valence-corrected chi connectivity index (χ3v) is 2.49. The van der Waals surface area contributed by atoms with E-state index in [1.807, 2.05) is 68.5 Å². The van der Waals surface area contributed by atoms with Gasteiger partial charge in [0.1, 0.15) is 5.82 Å². The lowest BCUT2D eigenvalue weighted by molar-refractivity contribution is 0.627. The van der Waals surface area contributed by atoms with Crippen molar-refractivity contribution in [2.45, 2.75) is 13.8 Å². The summed E-state index contributed by atoms with van der Waals surface area (Å²) in [6, 6.07) is 6.47. The van der Waals surface area contributed by atoms with Gasteiger partial charge < -0.3 is 0 Å². The van der Waals surface area contributed by atoms with Crippen molar-refractivity contribution < 1.29 is 4.39 Å². The molecule has 0 aromatic heterocycles. The summed E-state index contributed by atoms with van der Waals surface area (Å²) in [5, 5.41) is 0. The van der Waals surface area contributed by atoms with E-state index in [0.717, 1.165) is 11.1 Å². The van der Waals surface area contributed by atoms with Crippen LogP contribution < -0.4 is 0 Å². The van der Waals surface area contributed by atoms with Crippen molar-refractivity contribution in [1.29, 1.82) is 0 Å². The van der Waals surface area contributed by atoms with Gasteiger partial charge in [-0.1, -0.05) is 54.7 Å². The van der Waals surface area contributed by atoms with Crippen molar-refractivity contribution in [3.05, 3.63) is 103 Å². The Balaban J connectivity index is 0.00000232. The highest BCUT2D eigenvalue weighted by Crippen LogP contribution is 2.08. The van der Waals surface area contributed by atoms with E-state index in [4.69, 9.17) is 0 Å². The molecule has 0 N–H and O–H groups in total. The Morgan fingerprint density at radius 3 is 2.48 bits per heavy atom. The minimum atomic E-state index is -0.235. The van der Waals surface area contributed by atoms with E-state index in [0.29, 0.717) is 0 Å². The summed E-state index contributed by atoms with van der Waals surface area (Å²) >= 11 is 0. The van der Waals surface area contributed by atoms with Crippen LogP contribution in [-0.4, -0.2) is 6.21 Å². The maximum absolute atomic E-state index is 13.1. The summed E-state index contributed by atoms with van der Waals surface area (Å²) in [5.41, 5.74) is 1.76. The standard InChI is InChI=1S/C19H20FN.C2H4/c1-3-5-6-7-14-21-16-18(9-4-2)13-12-17-10-8-11-19(20)15-17;1-2/h3-16H,1-2H3;1-2H2/b5-3+,7-6-,9-4-,13-12+,18-16+,21-14-;. The molecule has 0 spiro atoms. The van der Waals surface area contributed by atoms with Crippen molar-refractivity contribution in [2.75, 3.05) is 0 Å². The fraction of sp³-hybridized carbons (Fsp3) is 0.0952. The molecule has 1 aromatic rings. The van der Waals surface area contributed by atoms with E-state index >= 15 is 0 Å². The van der Waals surface area contributed by atoms with E-state index in [1.165, 1.54) is 12.1 Å². The summed E-state index contributed by atoms with van der Waals surface area (Å²) in [5.74, 6) is -0.235. The number of rotatable bonds is 6. The second-order valence-electron chi connectivity index (χ2n) is 4.23. The van der Waals surface area contributed by atoms with Gasteiger partial charge in [0.2, 0.25) is 0 Å². The van der Waals surface area contributed by atoms with Gasteiger partial charge in [-0.05, 0) is 43.2 Å². The molecule has 0 fully saturated rings. The minimum Gasteiger partial charge on any atom is -0.264 e. The quantitative estimate of drug-likeness (QED) is 0.332. The molecule has 0 aliphatic heterocycles. The van der Waals surface area contributed by atoms with Crippen LogP contribution in [0.5, 0.6) is 0 Å². The molecule has 1 rings (SSSR count). The highest BCUT2D eigenvalue weighted by Gasteiger charge is 1.90. The Kier molecular flexibility index (Phi) is 12.5. The predicted molar refractivity (Wildman–Crippen MR) is 102 cm³/mol. The zero-order valence-electron chi connectivity index (χ0n) is 13.8. The smallest absolute Gasteiger partial charge is 0.123 e. The monoisotopic (exact) mass is 309 g/mol. The molecule has 23 heavy (non-hydrogen) atoms. The van der Waals surface area contributed by atoms with Gasteiger partial charge >= 0.3 is 0 Å². The second kappa shape index (κ2) is 14.2. The topological polar surface area (TPSA) is 12.4 Å². The highest BCUT2D eigenvalue weighted by molar-refractivity contribution is 5.72. The van der Waals surface area contributed by atoms with Crippen LogP contribution in [-0.2, 0) is 0 Å². The highest BCUT2D eigenvalue weighted by atomic mass is 19.1. The van der Waals surface area contributed by atoms with Crippen molar-refractivity contribution in [1.82, 2.24) is 0 Å². The third-order valence-electron chi connectivity index (χ3n) is 2.49. The van der Waals surface area contributed by atoms with Gasteiger partial charge in [0, 0.05) is 12.4 Å². The average Bonchev–Trinajstić information content (AvgIpc) is 2.57. The zero-order chi connectivity index (χ0) is 17.3. The van der Waals surface area contributed by atoms with E-state index in [9.17, 15) is 4.39 Å². The lowest BCUT2D eigenvalue weighted by atomic mass is 10.1. The molecule has 120 valence electrons.